The first-order chi connectivity index (χ1) is 12.1. The number of carbonyl (C=O) groups excluding carboxylic acids is 1. The Kier molecular flexibility index (Phi) is 5.50. The smallest absolute Gasteiger partial charge is 0.293 e. The van der Waals surface area contributed by atoms with E-state index in [1.165, 1.54) is 6.07 Å². The first-order valence-corrected chi connectivity index (χ1v) is 8.61. The molecule has 0 unspecified atom stereocenters. The standard InChI is InChI=1S/C17H23N3O5/c21-12-13-3-5-18(6-4-13)15-2-1-14(11-16(15)20(23)24)17(22)19-7-9-25-10-8-19/h1-2,11,13,21H,3-10,12H2. The molecule has 0 spiro atoms. The topological polar surface area (TPSA) is 96.2 Å². The summed E-state index contributed by atoms with van der Waals surface area (Å²) in [5, 5.41) is 20.8. The molecular formula is C17H23N3O5. The molecule has 1 amide bonds. The maximum absolute atomic E-state index is 12.6. The average Bonchev–Trinajstić information content (AvgIpc) is 2.67. The first-order valence-electron chi connectivity index (χ1n) is 8.61. The highest BCUT2D eigenvalue weighted by Gasteiger charge is 2.27. The summed E-state index contributed by atoms with van der Waals surface area (Å²) in [4.78, 5) is 27.3. The lowest BCUT2D eigenvalue weighted by atomic mass is 9.97. The van der Waals surface area contributed by atoms with E-state index in [0.717, 1.165) is 12.8 Å². The van der Waals surface area contributed by atoms with Gasteiger partial charge in [-0.05, 0) is 30.9 Å². The van der Waals surface area contributed by atoms with E-state index >= 15 is 0 Å². The molecule has 0 atom stereocenters. The number of benzene rings is 1. The van der Waals surface area contributed by atoms with E-state index in [1.807, 2.05) is 4.90 Å². The Morgan fingerprint density at radius 2 is 1.92 bits per heavy atom. The number of rotatable bonds is 4. The van der Waals surface area contributed by atoms with Crippen molar-refractivity contribution >= 4 is 17.3 Å². The third-order valence-electron chi connectivity index (χ3n) is 4.93. The van der Waals surface area contributed by atoms with Gasteiger partial charge in [-0.3, -0.25) is 14.9 Å². The minimum absolute atomic E-state index is 0.0402. The van der Waals surface area contributed by atoms with Crippen molar-refractivity contribution in [2.24, 2.45) is 5.92 Å². The highest BCUT2D eigenvalue weighted by Crippen LogP contribution is 2.32. The number of morpholine rings is 1. The fourth-order valence-electron chi connectivity index (χ4n) is 3.38. The predicted octanol–water partition coefficient (Wildman–Crippen LogP) is 1.28. The molecule has 1 N–H and O–H groups in total. The summed E-state index contributed by atoms with van der Waals surface area (Å²) < 4.78 is 5.24. The monoisotopic (exact) mass is 349 g/mol. The van der Waals surface area contributed by atoms with Gasteiger partial charge in [-0.15, -0.1) is 0 Å². The second kappa shape index (κ2) is 7.79. The number of ether oxygens (including phenoxy) is 1. The quantitative estimate of drug-likeness (QED) is 0.650. The van der Waals surface area contributed by atoms with Gasteiger partial charge in [-0.2, -0.15) is 0 Å². The Morgan fingerprint density at radius 1 is 1.24 bits per heavy atom. The van der Waals surface area contributed by atoms with Gasteiger partial charge in [0.05, 0.1) is 18.1 Å². The summed E-state index contributed by atoms with van der Waals surface area (Å²) >= 11 is 0. The van der Waals surface area contributed by atoms with Crippen LogP contribution in [0.15, 0.2) is 18.2 Å². The van der Waals surface area contributed by atoms with Gasteiger partial charge in [-0.1, -0.05) is 0 Å². The van der Waals surface area contributed by atoms with Crippen molar-refractivity contribution in [3.05, 3.63) is 33.9 Å². The fourth-order valence-corrected chi connectivity index (χ4v) is 3.38. The molecule has 2 saturated heterocycles. The second-order valence-electron chi connectivity index (χ2n) is 6.48. The summed E-state index contributed by atoms with van der Waals surface area (Å²) in [5.74, 6) is 0.0643. The lowest BCUT2D eigenvalue weighted by molar-refractivity contribution is -0.384. The number of amides is 1. The molecule has 0 radical (unpaired) electrons. The molecule has 8 heteroatoms. The molecule has 2 heterocycles. The van der Waals surface area contributed by atoms with Gasteiger partial charge in [0, 0.05) is 44.4 Å². The number of nitro groups is 1. The van der Waals surface area contributed by atoms with Crippen LogP contribution in [0.1, 0.15) is 23.2 Å². The maximum Gasteiger partial charge on any atom is 0.293 e. The lowest BCUT2D eigenvalue weighted by Gasteiger charge is -2.32. The van der Waals surface area contributed by atoms with Crippen LogP contribution >= 0.6 is 0 Å². The van der Waals surface area contributed by atoms with Gasteiger partial charge < -0.3 is 19.6 Å². The molecule has 0 aliphatic carbocycles. The van der Waals surface area contributed by atoms with E-state index in [4.69, 9.17) is 4.74 Å². The van der Waals surface area contributed by atoms with Gasteiger partial charge >= 0.3 is 0 Å². The van der Waals surface area contributed by atoms with Gasteiger partial charge in [0.15, 0.2) is 0 Å². The number of piperidine rings is 1. The van der Waals surface area contributed by atoms with Gasteiger partial charge in [0.1, 0.15) is 5.69 Å². The largest absolute Gasteiger partial charge is 0.396 e. The number of hydrogen-bond donors (Lipinski definition) is 1. The van der Waals surface area contributed by atoms with E-state index in [-0.39, 0.29) is 24.1 Å². The summed E-state index contributed by atoms with van der Waals surface area (Å²) in [5.41, 5.74) is 0.837. The molecule has 1 aromatic carbocycles. The zero-order chi connectivity index (χ0) is 17.8. The third kappa shape index (κ3) is 3.91. The molecule has 8 nitrogen and oxygen atoms in total. The van der Waals surface area contributed by atoms with Crippen molar-refractivity contribution in [1.82, 2.24) is 4.90 Å². The molecular weight excluding hydrogens is 326 g/mol. The van der Waals surface area contributed by atoms with Crippen LogP contribution in [-0.2, 0) is 4.74 Å². The van der Waals surface area contributed by atoms with Crippen molar-refractivity contribution in [3.63, 3.8) is 0 Å². The minimum atomic E-state index is -0.427. The van der Waals surface area contributed by atoms with Crippen molar-refractivity contribution in [1.29, 1.82) is 0 Å². The van der Waals surface area contributed by atoms with Gasteiger partial charge in [-0.25, -0.2) is 0 Å². The van der Waals surface area contributed by atoms with Crippen LogP contribution in [0.2, 0.25) is 0 Å². The number of aliphatic hydroxyl groups excluding tert-OH is 1. The Balaban J connectivity index is 1.81. The lowest BCUT2D eigenvalue weighted by Crippen LogP contribution is -2.40. The Labute approximate surface area is 146 Å². The second-order valence-corrected chi connectivity index (χ2v) is 6.48. The van der Waals surface area contributed by atoms with Crippen molar-refractivity contribution in [2.45, 2.75) is 12.8 Å². The van der Waals surface area contributed by atoms with Crippen LogP contribution in [0.5, 0.6) is 0 Å². The Hall–Kier alpha value is -2.19. The molecule has 0 bridgehead atoms. The minimum Gasteiger partial charge on any atom is -0.396 e. The van der Waals surface area contributed by atoms with Crippen LogP contribution in [0.4, 0.5) is 11.4 Å². The molecule has 2 aliphatic heterocycles. The zero-order valence-corrected chi connectivity index (χ0v) is 14.1. The number of carbonyl (C=O) groups is 1. The molecule has 0 saturated carbocycles. The molecule has 0 aromatic heterocycles. The van der Waals surface area contributed by atoms with Crippen molar-refractivity contribution < 1.29 is 19.6 Å². The summed E-state index contributed by atoms with van der Waals surface area (Å²) in [6, 6.07) is 4.72. The van der Waals surface area contributed by atoms with Crippen molar-refractivity contribution in [3.8, 4) is 0 Å². The number of hydrogen-bond acceptors (Lipinski definition) is 6. The van der Waals surface area contributed by atoms with E-state index in [9.17, 15) is 20.0 Å². The van der Waals surface area contributed by atoms with E-state index in [0.29, 0.717) is 50.6 Å². The molecule has 25 heavy (non-hydrogen) atoms. The summed E-state index contributed by atoms with van der Waals surface area (Å²) in [6.07, 6.45) is 1.62. The SMILES string of the molecule is O=C(c1ccc(N2CCC(CO)CC2)c([N+](=O)[O-])c1)N1CCOCC1. The summed E-state index contributed by atoms with van der Waals surface area (Å²) in [7, 11) is 0. The first kappa shape index (κ1) is 17.6. The number of nitrogens with zero attached hydrogens (tertiary/aromatic N) is 3. The van der Waals surface area contributed by atoms with Crippen LogP contribution in [-0.4, -0.2) is 66.8 Å². The Bertz CT molecular complexity index is 637. The predicted molar refractivity (Wildman–Crippen MR) is 91.8 cm³/mol. The maximum atomic E-state index is 12.6. The molecule has 1 aromatic rings. The number of anilines is 1. The molecule has 2 aliphatic rings. The van der Waals surface area contributed by atoms with Crippen LogP contribution in [0.3, 0.4) is 0 Å². The molecule has 136 valence electrons. The van der Waals surface area contributed by atoms with E-state index in [2.05, 4.69) is 0 Å². The highest BCUT2D eigenvalue weighted by molar-refractivity contribution is 5.95. The normalized spacial score (nSPS) is 19.1. The number of nitro benzene ring substituents is 1. The van der Waals surface area contributed by atoms with Gasteiger partial charge in [0.2, 0.25) is 0 Å². The fraction of sp³-hybridized carbons (Fsp3) is 0.588. The zero-order valence-electron chi connectivity index (χ0n) is 14.1. The van der Waals surface area contributed by atoms with Crippen LogP contribution in [0, 0.1) is 16.0 Å². The summed E-state index contributed by atoms with van der Waals surface area (Å²) in [6.45, 7) is 3.48. The molecule has 2 fully saturated rings. The van der Waals surface area contributed by atoms with Crippen LogP contribution in [0.25, 0.3) is 0 Å². The van der Waals surface area contributed by atoms with Gasteiger partial charge in [0.25, 0.3) is 11.6 Å². The molecule has 3 rings (SSSR count). The van der Waals surface area contributed by atoms with Crippen molar-refractivity contribution in [2.75, 3.05) is 50.9 Å². The Morgan fingerprint density at radius 3 is 2.52 bits per heavy atom. The highest BCUT2D eigenvalue weighted by atomic mass is 16.6. The number of aliphatic hydroxyl groups is 1. The van der Waals surface area contributed by atoms with Crippen LogP contribution < -0.4 is 4.90 Å². The third-order valence-corrected chi connectivity index (χ3v) is 4.93. The average molecular weight is 349 g/mol. The van der Waals surface area contributed by atoms with E-state index in [1.54, 1.807) is 17.0 Å². The van der Waals surface area contributed by atoms with E-state index < -0.39 is 4.92 Å².